The quantitative estimate of drug-likeness (QED) is 0.170. The molecule has 3 heteroatoms. The first kappa shape index (κ1) is 33.9. The topological polar surface area (TPSA) is 38.9 Å². The normalized spacial score (nSPS) is 12.8. The minimum Gasteiger partial charge on any atom is -0.456 e. The minimum atomic E-state index is -0.0728. The van der Waals surface area contributed by atoms with Crippen LogP contribution >= 0.6 is 0 Å². The van der Waals surface area contributed by atoms with Crippen molar-refractivity contribution in [3.63, 3.8) is 0 Å². The highest BCUT2D eigenvalue weighted by Crippen LogP contribution is 2.52. The fourth-order valence-corrected chi connectivity index (χ4v) is 8.95. The average Bonchev–Trinajstić information content (AvgIpc) is 3.78. The third kappa shape index (κ3) is 5.66. The van der Waals surface area contributed by atoms with Crippen LogP contribution in [0.15, 0.2) is 199 Å². The highest BCUT2D eigenvalue weighted by molar-refractivity contribution is 6.06. The second kappa shape index (κ2) is 13.4. The van der Waals surface area contributed by atoms with Gasteiger partial charge in [-0.25, -0.2) is 9.97 Å². The van der Waals surface area contributed by atoms with E-state index in [0.717, 1.165) is 77.8 Å². The molecule has 0 atom stereocenters. The number of benzene rings is 8. The van der Waals surface area contributed by atoms with Gasteiger partial charge in [0, 0.05) is 32.9 Å². The molecule has 0 radical (unpaired) electrons. The van der Waals surface area contributed by atoms with Crippen molar-refractivity contribution in [1.29, 1.82) is 0 Å². The molecule has 10 aromatic rings. The average molecular weight is 743 g/mol. The van der Waals surface area contributed by atoms with E-state index in [2.05, 4.69) is 178 Å². The van der Waals surface area contributed by atoms with Gasteiger partial charge in [-0.1, -0.05) is 159 Å². The molecule has 0 bridgehead atoms. The van der Waals surface area contributed by atoms with E-state index >= 15 is 0 Å². The zero-order chi connectivity index (χ0) is 38.8. The zero-order valence-electron chi connectivity index (χ0n) is 32.3. The standard InChI is InChI=1S/C55H38N2O/c1-55(2)47-24-11-9-22-46(47)53-43(23-14-25-48(53)55)38-19-13-20-39(29-38)49-34-50(57-54(56-49)36-17-7-4-8-18-36)42-31-40(35-15-5-3-6-16-35)30-41(32-42)37-27-28-45-44-21-10-12-26-51(44)58-52(45)33-37/h3-34H,1-2H3. The molecule has 0 unspecified atom stereocenters. The molecule has 1 aliphatic carbocycles. The van der Waals surface area contributed by atoms with Crippen LogP contribution in [0.5, 0.6) is 0 Å². The second-order valence-electron chi connectivity index (χ2n) is 15.8. The van der Waals surface area contributed by atoms with Gasteiger partial charge < -0.3 is 4.42 Å². The highest BCUT2D eigenvalue weighted by atomic mass is 16.3. The first-order chi connectivity index (χ1) is 28.5. The molecule has 8 aromatic carbocycles. The van der Waals surface area contributed by atoms with Crippen LogP contribution in [-0.2, 0) is 5.41 Å². The fraction of sp³-hybridized carbons (Fsp3) is 0.0545. The lowest BCUT2D eigenvalue weighted by Crippen LogP contribution is -2.14. The number of fused-ring (bicyclic) bond motifs is 6. The Morgan fingerprint density at radius 2 is 0.931 bits per heavy atom. The summed E-state index contributed by atoms with van der Waals surface area (Å²) < 4.78 is 6.35. The van der Waals surface area contributed by atoms with Crippen molar-refractivity contribution < 1.29 is 4.42 Å². The maximum atomic E-state index is 6.35. The molecule has 274 valence electrons. The molecule has 2 aromatic heterocycles. The number of aromatic nitrogens is 2. The van der Waals surface area contributed by atoms with Crippen LogP contribution in [0.3, 0.4) is 0 Å². The summed E-state index contributed by atoms with van der Waals surface area (Å²) in [5, 5.41) is 2.24. The van der Waals surface area contributed by atoms with E-state index in [0.29, 0.717) is 5.82 Å². The Hall–Kier alpha value is -7.36. The SMILES string of the molecule is CC1(C)c2ccccc2-c2c(-c3cccc(-c4cc(-c5cc(-c6ccccc6)cc(-c6ccc7c(c6)oc6ccccc67)c5)nc(-c5ccccc5)n4)c3)cccc21. The van der Waals surface area contributed by atoms with Crippen LogP contribution in [0.2, 0.25) is 0 Å². The number of nitrogens with zero attached hydrogens (tertiary/aromatic N) is 2. The van der Waals surface area contributed by atoms with Crippen molar-refractivity contribution in [2.24, 2.45) is 0 Å². The number of rotatable bonds is 6. The molecule has 0 amide bonds. The van der Waals surface area contributed by atoms with Crippen LogP contribution in [0.1, 0.15) is 25.0 Å². The molecule has 11 rings (SSSR count). The van der Waals surface area contributed by atoms with Gasteiger partial charge in [0.05, 0.1) is 11.4 Å². The van der Waals surface area contributed by atoms with E-state index < -0.39 is 0 Å². The van der Waals surface area contributed by atoms with E-state index in [1.54, 1.807) is 0 Å². The van der Waals surface area contributed by atoms with Crippen LogP contribution < -0.4 is 0 Å². The van der Waals surface area contributed by atoms with Crippen LogP contribution in [0, 0.1) is 0 Å². The van der Waals surface area contributed by atoms with Crippen molar-refractivity contribution in [2.45, 2.75) is 19.3 Å². The third-order valence-electron chi connectivity index (χ3n) is 11.9. The van der Waals surface area contributed by atoms with Crippen molar-refractivity contribution in [3.05, 3.63) is 205 Å². The molecule has 58 heavy (non-hydrogen) atoms. The zero-order valence-corrected chi connectivity index (χ0v) is 32.3. The van der Waals surface area contributed by atoms with Crippen molar-refractivity contribution in [1.82, 2.24) is 9.97 Å². The smallest absolute Gasteiger partial charge is 0.160 e. The Labute approximate surface area is 338 Å². The van der Waals surface area contributed by atoms with Crippen LogP contribution in [0.4, 0.5) is 0 Å². The van der Waals surface area contributed by atoms with Crippen LogP contribution in [-0.4, -0.2) is 9.97 Å². The molecule has 0 saturated heterocycles. The highest BCUT2D eigenvalue weighted by Gasteiger charge is 2.36. The lowest BCUT2D eigenvalue weighted by Gasteiger charge is -2.21. The second-order valence-corrected chi connectivity index (χ2v) is 15.8. The minimum absolute atomic E-state index is 0.0728. The van der Waals surface area contributed by atoms with Gasteiger partial charge in [0.1, 0.15) is 11.2 Å². The van der Waals surface area contributed by atoms with Gasteiger partial charge in [0.25, 0.3) is 0 Å². The summed E-state index contributed by atoms with van der Waals surface area (Å²) in [4.78, 5) is 10.5. The molecule has 2 heterocycles. The van der Waals surface area contributed by atoms with E-state index in [1.807, 2.05) is 30.3 Å². The largest absolute Gasteiger partial charge is 0.456 e. The van der Waals surface area contributed by atoms with Gasteiger partial charge in [-0.2, -0.15) is 0 Å². The van der Waals surface area contributed by atoms with Crippen molar-refractivity contribution >= 4 is 21.9 Å². The summed E-state index contributed by atoms with van der Waals surface area (Å²) in [6, 6.07) is 69.0. The van der Waals surface area contributed by atoms with E-state index in [1.165, 1.54) is 27.8 Å². The van der Waals surface area contributed by atoms with Gasteiger partial charge >= 0.3 is 0 Å². The predicted octanol–water partition coefficient (Wildman–Crippen LogP) is 14.7. The Morgan fingerprint density at radius 3 is 1.76 bits per heavy atom. The van der Waals surface area contributed by atoms with E-state index in [-0.39, 0.29) is 5.41 Å². The van der Waals surface area contributed by atoms with Crippen LogP contribution in [0.25, 0.3) is 100 Å². The number of furan rings is 1. The number of hydrogen-bond donors (Lipinski definition) is 0. The molecule has 1 aliphatic rings. The van der Waals surface area contributed by atoms with Gasteiger partial charge in [-0.15, -0.1) is 0 Å². The maximum absolute atomic E-state index is 6.35. The molecule has 0 N–H and O–H groups in total. The van der Waals surface area contributed by atoms with E-state index in [9.17, 15) is 0 Å². The number of para-hydroxylation sites is 1. The van der Waals surface area contributed by atoms with Crippen molar-refractivity contribution in [3.8, 4) is 78.4 Å². The summed E-state index contributed by atoms with van der Waals surface area (Å²) in [6.07, 6.45) is 0. The fourth-order valence-electron chi connectivity index (χ4n) is 8.95. The molecule has 0 spiro atoms. The Balaban J connectivity index is 1.09. The van der Waals surface area contributed by atoms with E-state index in [4.69, 9.17) is 14.4 Å². The summed E-state index contributed by atoms with van der Waals surface area (Å²) in [7, 11) is 0. The molecule has 0 fully saturated rings. The molecular formula is C55H38N2O. The predicted molar refractivity (Wildman–Crippen MR) is 239 cm³/mol. The summed E-state index contributed by atoms with van der Waals surface area (Å²) in [5.41, 5.74) is 18.6. The summed E-state index contributed by atoms with van der Waals surface area (Å²) >= 11 is 0. The monoisotopic (exact) mass is 742 g/mol. The summed E-state index contributed by atoms with van der Waals surface area (Å²) in [5.74, 6) is 0.685. The van der Waals surface area contributed by atoms with Gasteiger partial charge in [0.15, 0.2) is 5.82 Å². The molecular weight excluding hydrogens is 705 g/mol. The molecule has 0 saturated carbocycles. The third-order valence-corrected chi connectivity index (χ3v) is 11.9. The Bertz CT molecular complexity index is 3190. The Kier molecular flexibility index (Phi) is 7.84. The molecule has 0 aliphatic heterocycles. The first-order valence-electron chi connectivity index (χ1n) is 19.9. The Morgan fingerprint density at radius 1 is 0.362 bits per heavy atom. The van der Waals surface area contributed by atoms with Gasteiger partial charge in [0.2, 0.25) is 0 Å². The first-order valence-corrected chi connectivity index (χ1v) is 19.9. The lowest BCUT2D eigenvalue weighted by molar-refractivity contribution is 0.660. The lowest BCUT2D eigenvalue weighted by atomic mass is 9.82. The van der Waals surface area contributed by atoms with Gasteiger partial charge in [-0.3, -0.25) is 0 Å². The molecule has 3 nitrogen and oxygen atoms in total. The summed E-state index contributed by atoms with van der Waals surface area (Å²) in [6.45, 7) is 4.67. The maximum Gasteiger partial charge on any atom is 0.160 e. The van der Waals surface area contributed by atoms with Crippen molar-refractivity contribution in [2.75, 3.05) is 0 Å². The number of hydrogen-bond acceptors (Lipinski definition) is 3. The van der Waals surface area contributed by atoms with Gasteiger partial charge in [-0.05, 0) is 104 Å².